The van der Waals surface area contributed by atoms with Crippen molar-refractivity contribution in [2.24, 2.45) is 11.3 Å². The minimum absolute atomic E-state index is 0.433. The topological polar surface area (TPSA) is 55.7 Å². The molecule has 2 aromatic heterocycles. The summed E-state index contributed by atoms with van der Waals surface area (Å²) in [7, 11) is -1.10. The summed E-state index contributed by atoms with van der Waals surface area (Å²) in [5.74, 6) is 1.56. The average Bonchev–Trinajstić information content (AvgIpc) is 2.95. The van der Waals surface area contributed by atoms with Gasteiger partial charge in [-0.1, -0.05) is 54.1 Å². The first-order valence-corrected chi connectivity index (χ1v) is 15.5. The van der Waals surface area contributed by atoms with Crippen LogP contribution in [-0.4, -0.2) is 34.4 Å². The van der Waals surface area contributed by atoms with Crippen molar-refractivity contribution in [3.8, 4) is 11.5 Å². The fourth-order valence-corrected chi connectivity index (χ4v) is 6.19. The van der Waals surface area contributed by atoms with Gasteiger partial charge in [0.05, 0.1) is 16.1 Å². The maximum Gasteiger partial charge on any atom is 0.159 e. The lowest BCUT2D eigenvalue weighted by Gasteiger charge is -2.20. The number of benzene rings is 1. The van der Waals surface area contributed by atoms with E-state index in [0.29, 0.717) is 17.2 Å². The second-order valence-corrected chi connectivity index (χ2v) is 17.4. The third-order valence-corrected chi connectivity index (χ3v) is 9.13. The summed E-state index contributed by atoms with van der Waals surface area (Å²) in [5.41, 5.74) is 5.75. The molecule has 5 nitrogen and oxygen atoms in total. The van der Waals surface area contributed by atoms with E-state index in [4.69, 9.17) is 26.4 Å². The largest absolute Gasteiger partial charge is 0.360 e. The molecule has 1 fully saturated rings. The maximum absolute atomic E-state index is 6.44. The van der Waals surface area contributed by atoms with Gasteiger partial charge in [0, 0.05) is 30.4 Å². The molecule has 2 aliphatic rings. The summed E-state index contributed by atoms with van der Waals surface area (Å²) in [4.78, 5) is 8.25. The Kier molecular flexibility index (Phi) is 4.97. The number of fused-ring (bicyclic) bond motifs is 3. The van der Waals surface area contributed by atoms with Gasteiger partial charge in [-0.15, -0.1) is 0 Å². The lowest BCUT2D eigenvalue weighted by atomic mass is 9.87. The Labute approximate surface area is 191 Å². The molecular weight excluding hydrogens is 480 g/mol. The molecule has 0 bridgehead atoms. The first-order valence-electron chi connectivity index (χ1n) is 10.6. The molecular formula is C22H28BrClN4OSi. The van der Waals surface area contributed by atoms with Crippen LogP contribution >= 0.6 is 27.5 Å². The monoisotopic (exact) mass is 506 g/mol. The molecule has 1 aromatic carbocycles. The smallest absolute Gasteiger partial charge is 0.159 e. The van der Waals surface area contributed by atoms with Gasteiger partial charge < -0.3 is 9.72 Å². The Morgan fingerprint density at radius 3 is 2.93 bits per heavy atom. The zero-order valence-electron chi connectivity index (χ0n) is 18.0. The Bertz CT molecular complexity index is 1130. The summed E-state index contributed by atoms with van der Waals surface area (Å²) in [6, 6.07) is 5.05. The molecule has 3 aromatic rings. The number of aromatic amines is 1. The Morgan fingerprint density at radius 1 is 1.37 bits per heavy atom. The van der Waals surface area contributed by atoms with Crippen LogP contribution in [0.5, 0.6) is 0 Å². The molecule has 0 saturated heterocycles. The van der Waals surface area contributed by atoms with Gasteiger partial charge in [0.2, 0.25) is 0 Å². The predicted octanol–water partition coefficient (Wildman–Crippen LogP) is 6.28. The summed E-state index contributed by atoms with van der Waals surface area (Å²) in [5, 5.41) is 5.65. The minimum atomic E-state index is -1.10. The summed E-state index contributed by atoms with van der Waals surface area (Å²) in [6.45, 7) is 10.9. The molecule has 0 radical (unpaired) electrons. The van der Waals surface area contributed by atoms with Gasteiger partial charge >= 0.3 is 0 Å². The van der Waals surface area contributed by atoms with Gasteiger partial charge in [0.1, 0.15) is 12.4 Å². The van der Waals surface area contributed by atoms with Crippen molar-refractivity contribution in [3.63, 3.8) is 0 Å². The van der Waals surface area contributed by atoms with Crippen LogP contribution in [0, 0.1) is 11.3 Å². The van der Waals surface area contributed by atoms with Crippen LogP contribution in [0.2, 0.25) is 30.7 Å². The first kappa shape index (κ1) is 20.7. The van der Waals surface area contributed by atoms with Gasteiger partial charge in [-0.25, -0.2) is 9.67 Å². The van der Waals surface area contributed by atoms with Gasteiger partial charge in [-0.3, -0.25) is 0 Å². The molecule has 5 rings (SSSR count). The number of nitrogens with one attached hydrogen (secondary N) is 1. The SMILES string of the molecule is C[C@@]12Cc3c(c(-c4nc5cc(Br)cc(Cl)c5[nH]4)nn3COCC[Si](C)(C)C)C[C@@H]1C2. The van der Waals surface area contributed by atoms with Crippen LogP contribution in [-0.2, 0) is 24.3 Å². The predicted molar refractivity (Wildman–Crippen MR) is 128 cm³/mol. The molecule has 0 amide bonds. The molecule has 160 valence electrons. The number of imidazole rings is 1. The average molecular weight is 508 g/mol. The van der Waals surface area contributed by atoms with E-state index in [1.54, 1.807) is 0 Å². The van der Waals surface area contributed by atoms with Crippen LogP contribution in [0.4, 0.5) is 0 Å². The number of ether oxygens (including phenoxy) is 1. The Hall–Kier alpha value is -1.15. The van der Waals surface area contributed by atoms with E-state index in [1.807, 2.05) is 12.1 Å². The number of H-pyrrole nitrogens is 1. The number of hydrogen-bond donors (Lipinski definition) is 1. The van der Waals surface area contributed by atoms with E-state index >= 15 is 0 Å². The van der Waals surface area contributed by atoms with E-state index in [9.17, 15) is 0 Å². The van der Waals surface area contributed by atoms with Crippen LogP contribution in [0.3, 0.4) is 0 Å². The highest BCUT2D eigenvalue weighted by Gasteiger charge is 2.54. The van der Waals surface area contributed by atoms with Crippen molar-refractivity contribution in [2.75, 3.05) is 6.61 Å². The number of hydrogen-bond acceptors (Lipinski definition) is 3. The number of halogens is 2. The molecule has 30 heavy (non-hydrogen) atoms. The lowest BCUT2D eigenvalue weighted by molar-refractivity contribution is 0.0757. The van der Waals surface area contributed by atoms with Crippen molar-refractivity contribution in [1.29, 1.82) is 0 Å². The fourth-order valence-electron chi connectivity index (χ4n) is 4.59. The van der Waals surface area contributed by atoms with Gasteiger partial charge in [0.25, 0.3) is 0 Å². The highest BCUT2D eigenvalue weighted by atomic mass is 79.9. The second kappa shape index (κ2) is 7.19. The van der Waals surface area contributed by atoms with Crippen molar-refractivity contribution < 1.29 is 4.74 Å². The molecule has 2 atom stereocenters. The molecule has 0 spiro atoms. The number of rotatable bonds is 6. The summed E-state index contributed by atoms with van der Waals surface area (Å²) >= 11 is 9.95. The van der Waals surface area contributed by atoms with Crippen molar-refractivity contribution in [3.05, 3.63) is 32.9 Å². The van der Waals surface area contributed by atoms with Gasteiger partial charge in [-0.05, 0) is 48.8 Å². The Morgan fingerprint density at radius 2 is 2.17 bits per heavy atom. The zero-order chi connectivity index (χ0) is 21.3. The van der Waals surface area contributed by atoms with E-state index in [2.05, 4.69) is 52.2 Å². The van der Waals surface area contributed by atoms with Gasteiger partial charge in [0.15, 0.2) is 5.82 Å². The molecule has 2 heterocycles. The molecule has 1 saturated carbocycles. The van der Waals surface area contributed by atoms with E-state index < -0.39 is 8.07 Å². The van der Waals surface area contributed by atoms with E-state index in [0.717, 1.165) is 52.4 Å². The van der Waals surface area contributed by atoms with Crippen LogP contribution in [0.15, 0.2) is 16.6 Å². The number of aromatic nitrogens is 4. The third kappa shape index (κ3) is 3.78. The first-order chi connectivity index (χ1) is 14.1. The highest BCUT2D eigenvalue weighted by Crippen LogP contribution is 2.60. The third-order valence-electron chi connectivity index (χ3n) is 6.67. The van der Waals surface area contributed by atoms with Crippen LogP contribution in [0.25, 0.3) is 22.6 Å². The molecule has 8 heteroatoms. The normalized spacial score (nSPS) is 22.9. The van der Waals surface area contributed by atoms with E-state index in [-0.39, 0.29) is 0 Å². The summed E-state index contributed by atoms with van der Waals surface area (Å²) in [6.07, 6.45) is 3.45. The van der Waals surface area contributed by atoms with Crippen LogP contribution < -0.4 is 0 Å². The quantitative estimate of drug-likeness (QED) is 0.315. The Balaban J connectivity index is 1.49. The summed E-state index contributed by atoms with van der Waals surface area (Å²) < 4.78 is 9.07. The van der Waals surface area contributed by atoms with Crippen LogP contribution in [0.1, 0.15) is 24.6 Å². The van der Waals surface area contributed by atoms with Crippen molar-refractivity contribution >= 4 is 46.6 Å². The van der Waals surface area contributed by atoms with E-state index in [1.165, 1.54) is 23.7 Å². The maximum atomic E-state index is 6.44. The van der Waals surface area contributed by atoms with Gasteiger partial charge in [-0.2, -0.15) is 5.10 Å². The zero-order valence-corrected chi connectivity index (χ0v) is 21.3. The van der Waals surface area contributed by atoms with Crippen molar-refractivity contribution in [1.82, 2.24) is 19.7 Å². The minimum Gasteiger partial charge on any atom is -0.360 e. The van der Waals surface area contributed by atoms with Crippen molar-refractivity contribution in [2.45, 2.75) is 58.6 Å². The lowest BCUT2D eigenvalue weighted by Crippen LogP contribution is -2.23. The molecule has 0 aliphatic heterocycles. The highest BCUT2D eigenvalue weighted by molar-refractivity contribution is 9.10. The molecule has 2 aliphatic carbocycles. The molecule has 0 unspecified atom stereocenters. The number of nitrogens with zero attached hydrogens (tertiary/aromatic N) is 3. The molecule has 1 N–H and O–H groups in total. The second-order valence-electron chi connectivity index (χ2n) is 10.4. The standard InChI is InChI=1S/C22H28BrClN4OSi/c1-22-10-13(22)7-15-18(11-22)28(12-29-5-6-30(2,3)4)27-19(15)21-25-17-9-14(23)8-16(24)20(17)26-21/h8-9,13H,5-7,10-12H2,1-4H3,(H,25,26)/t13-,22-/m1/s1. The fraction of sp³-hybridized carbons (Fsp3) is 0.545.